The molecule has 9 heteroatoms. The fraction of sp³-hybridized carbons (Fsp3) is 0.588. The first-order valence-electron chi connectivity index (χ1n) is 8.78. The van der Waals surface area contributed by atoms with Gasteiger partial charge in [-0.3, -0.25) is 4.79 Å². The molecule has 1 aromatic rings. The van der Waals surface area contributed by atoms with Crippen LogP contribution in [0.15, 0.2) is 23.1 Å². The molecule has 1 unspecified atom stereocenters. The Morgan fingerprint density at radius 2 is 1.96 bits per heavy atom. The summed E-state index contributed by atoms with van der Waals surface area (Å²) in [5.41, 5.74) is 5.62. The molecule has 1 aliphatic heterocycles. The smallest absolute Gasteiger partial charge is 0.241 e. The van der Waals surface area contributed by atoms with Gasteiger partial charge in [0.05, 0.1) is 24.7 Å². The molecule has 2 rings (SSSR count). The minimum absolute atomic E-state index is 0.0264. The summed E-state index contributed by atoms with van der Waals surface area (Å²) in [6, 6.07) is 4.39. The molecule has 1 amide bonds. The average Bonchev–Trinajstić information content (AvgIpc) is 3.11. The molecular formula is C17H27N3O5S. The third-order valence-electron chi connectivity index (χ3n) is 4.21. The van der Waals surface area contributed by atoms with Gasteiger partial charge in [0.25, 0.3) is 0 Å². The molecule has 3 N–H and O–H groups in total. The van der Waals surface area contributed by atoms with Gasteiger partial charge in [0, 0.05) is 19.2 Å². The molecule has 1 heterocycles. The number of benzene rings is 1. The summed E-state index contributed by atoms with van der Waals surface area (Å²) in [4.78, 5) is 13.9. The highest BCUT2D eigenvalue weighted by Crippen LogP contribution is 2.30. The minimum Gasteiger partial charge on any atom is -0.490 e. The van der Waals surface area contributed by atoms with Crippen LogP contribution >= 0.6 is 0 Å². The lowest BCUT2D eigenvalue weighted by Gasteiger charge is -2.17. The van der Waals surface area contributed by atoms with Gasteiger partial charge in [-0.25, -0.2) is 13.1 Å². The van der Waals surface area contributed by atoms with Crippen molar-refractivity contribution < 1.29 is 22.7 Å². The number of nitrogens with zero attached hydrogens (tertiary/aromatic N) is 1. The molecule has 146 valence electrons. The predicted octanol–water partition coefficient (Wildman–Crippen LogP) is 0.570. The fourth-order valence-electron chi connectivity index (χ4n) is 2.80. The zero-order chi connectivity index (χ0) is 19.2. The largest absolute Gasteiger partial charge is 0.490 e. The second kappa shape index (κ2) is 9.20. The number of nitrogens with two attached hydrogens (primary N) is 1. The summed E-state index contributed by atoms with van der Waals surface area (Å²) in [7, 11) is -3.83. The van der Waals surface area contributed by atoms with Crippen LogP contribution in [0.1, 0.15) is 20.3 Å². The van der Waals surface area contributed by atoms with Gasteiger partial charge in [-0.2, -0.15) is 0 Å². The number of hydrogen-bond acceptors (Lipinski definition) is 6. The van der Waals surface area contributed by atoms with Crippen molar-refractivity contribution in [1.29, 1.82) is 0 Å². The number of carbonyl (C=O) groups excluding carboxylic acids is 1. The molecule has 0 saturated carbocycles. The Hall–Kier alpha value is -1.84. The summed E-state index contributed by atoms with van der Waals surface area (Å²) >= 11 is 0. The van der Waals surface area contributed by atoms with E-state index in [4.69, 9.17) is 15.2 Å². The van der Waals surface area contributed by atoms with E-state index in [0.29, 0.717) is 44.3 Å². The van der Waals surface area contributed by atoms with Crippen LogP contribution in [0.3, 0.4) is 0 Å². The number of sulfonamides is 1. The molecule has 26 heavy (non-hydrogen) atoms. The number of rotatable bonds is 9. The van der Waals surface area contributed by atoms with Crippen LogP contribution < -0.4 is 19.9 Å². The van der Waals surface area contributed by atoms with E-state index in [9.17, 15) is 13.2 Å². The maximum Gasteiger partial charge on any atom is 0.241 e. The van der Waals surface area contributed by atoms with Crippen molar-refractivity contribution in [2.75, 3.05) is 39.4 Å². The standard InChI is InChI=1S/C17H27N3O5S/c1-3-24-15-6-5-14(9-16(15)25-4-2)26(22,23)19-11-17(21)20-8-7-13(10-18)12-20/h5-6,9,13,19H,3-4,7-8,10-12,18H2,1-2H3. The molecule has 0 aliphatic carbocycles. The molecular weight excluding hydrogens is 358 g/mol. The third-order valence-corrected chi connectivity index (χ3v) is 5.61. The van der Waals surface area contributed by atoms with E-state index in [1.165, 1.54) is 12.1 Å². The van der Waals surface area contributed by atoms with Crippen molar-refractivity contribution >= 4 is 15.9 Å². The number of hydrogen-bond donors (Lipinski definition) is 2. The average molecular weight is 385 g/mol. The molecule has 1 aromatic carbocycles. The fourth-order valence-corrected chi connectivity index (χ4v) is 3.79. The maximum absolute atomic E-state index is 12.5. The van der Waals surface area contributed by atoms with Crippen LogP contribution in [-0.4, -0.2) is 58.6 Å². The number of nitrogens with one attached hydrogen (secondary N) is 1. The molecule has 0 aromatic heterocycles. The Balaban J connectivity index is 2.05. The second-order valence-corrected chi connectivity index (χ2v) is 7.80. The predicted molar refractivity (Wildman–Crippen MR) is 97.7 cm³/mol. The molecule has 8 nitrogen and oxygen atoms in total. The summed E-state index contributed by atoms with van der Waals surface area (Å²) in [5.74, 6) is 0.874. The van der Waals surface area contributed by atoms with Gasteiger partial charge in [-0.05, 0) is 44.9 Å². The summed E-state index contributed by atoms with van der Waals surface area (Å²) < 4.78 is 38.2. The lowest BCUT2D eigenvalue weighted by atomic mass is 10.1. The highest BCUT2D eigenvalue weighted by Gasteiger charge is 2.26. The van der Waals surface area contributed by atoms with Crippen molar-refractivity contribution in [3.05, 3.63) is 18.2 Å². The monoisotopic (exact) mass is 385 g/mol. The van der Waals surface area contributed by atoms with Crippen LogP contribution in [0.5, 0.6) is 11.5 Å². The van der Waals surface area contributed by atoms with Crippen molar-refractivity contribution in [2.45, 2.75) is 25.2 Å². The van der Waals surface area contributed by atoms with Gasteiger partial charge >= 0.3 is 0 Å². The minimum atomic E-state index is -3.83. The molecule has 0 bridgehead atoms. The molecule has 1 aliphatic rings. The van der Waals surface area contributed by atoms with Crippen molar-refractivity contribution in [3.63, 3.8) is 0 Å². The topological polar surface area (TPSA) is 111 Å². The molecule has 0 radical (unpaired) electrons. The van der Waals surface area contributed by atoms with Gasteiger partial charge in [-0.15, -0.1) is 0 Å². The van der Waals surface area contributed by atoms with E-state index in [2.05, 4.69) is 4.72 Å². The summed E-state index contributed by atoms with van der Waals surface area (Å²) in [6.07, 6.45) is 0.853. The lowest BCUT2D eigenvalue weighted by molar-refractivity contribution is -0.129. The Morgan fingerprint density at radius 3 is 2.58 bits per heavy atom. The number of ether oxygens (including phenoxy) is 2. The van der Waals surface area contributed by atoms with E-state index in [1.54, 1.807) is 17.9 Å². The van der Waals surface area contributed by atoms with Crippen LogP contribution in [0.2, 0.25) is 0 Å². The lowest BCUT2D eigenvalue weighted by Crippen LogP contribution is -2.39. The highest BCUT2D eigenvalue weighted by molar-refractivity contribution is 7.89. The van der Waals surface area contributed by atoms with Crippen LogP contribution in [-0.2, 0) is 14.8 Å². The van der Waals surface area contributed by atoms with E-state index in [-0.39, 0.29) is 23.3 Å². The van der Waals surface area contributed by atoms with Crippen LogP contribution in [0, 0.1) is 5.92 Å². The summed E-state index contributed by atoms with van der Waals surface area (Å²) in [6.45, 7) is 5.90. The van der Waals surface area contributed by atoms with Gasteiger partial charge in [0.2, 0.25) is 15.9 Å². The van der Waals surface area contributed by atoms with Crippen molar-refractivity contribution in [3.8, 4) is 11.5 Å². The number of carbonyl (C=O) groups is 1. The SMILES string of the molecule is CCOc1ccc(S(=O)(=O)NCC(=O)N2CCC(CN)C2)cc1OCC. The molecule has 0 spiro atoms. The summed E-state index contributed by atoms with van der Waals surface area (Å²) in [5, 5.41) is 0. The van der Waals surface area contributed by atoms with Crippen molar-refractivity contribution in [1.82, 2.24) is 9.62 Å². The van der Waals surface area contributed by atoms with E-state index >= 15 is 0 Å². The van der Waals surface area contributed by atoms with Crippen LogP contribution in [0.4, 0.5) is 0 Å². The second-order valence-electron chi connectivity index (χ2n) is 6.03. The Labute approximate surface area is 154 Å². The van der Waals surface area contributed by atoms with Gasteiger partial charge in [-0.1, -0.05) is 0 Å². The number of likely N-dealkylation sites (tertiary alicyclic amines) is 1. The third kappa shape index (κ3) is 5.09. The first-order valence-corrected chi connectivity index (χ1v) is 10.3. The van der Waals surface area contributed by atoms with E-state index < -0.39 is 10.0 Å². The zero-order valence-corrected chi connectivity index (χ0v) is 16.0. The van der Waals surface area contributed by atoms with Crippen LogP contribution in [0.25, 0.3) is 0 Å². The Morgan fingerprint density at radius 1 is 1.27 bits per heavy atom. The Kier molecular flexibility index (Phi) is 7.24. The van der Waals surface area contributed by atoms with Gasteiger partial charge in [0.1, 0.15) is 0 Å². The van der Waals surface area contributed by atoms with E-state index in [1.807, 2.05) is 6.92 Å². The maximum atomic E-state index is 12.5. The first-order chi connectivity index (χ1) is 12.4. The molecule has 1 saturated heterocycles. The zero-order valence-electron chi connectivity index (χ0n) is 15.2. The van der Waals surface area contributed by atoms with Crippen molar-refractivity contribution in [2.24, 2.45) is 11.7 Å². The first kappa shape index (κ1) is 20.5. The Bertz CT molecular complexity index is 723. The molecule has 1 atom stereocenters. The van der Waals surface area contributed by atoms with Gasteiger partial charge < -0.3 is 20.1 Å². The molecule has 1 fully saturated rings. The van der Waals surface area contributed by atoms with E-state index in [0.717, 1.165) is 6.42 Å². The number of amides is 1. The van der Waals surface area contributed by atoms with Gasteiger partial charge in [0.15, 0.2) is 11.5 Å². The normalized spacial score (nSPS) is 17.3. The highest BCUT2D eigenvalue weighted by atomic mass is 32.2. The quantitative estimate of drug-likeness (QED) is 0.643.